The fourth-order valence-corrected chi connectivity index (χ4v) is 3.55. The van der Waals surface area contributed by atoms with Gasteiger partial charge >= 0.3 is 0 Å². The predicted molar refractivity (Wildman–Crippen MR) is 106 cm³/mol. The monoisotopic (exact) mass is 407 g/mol. The largest absolute Gasteiger partial charge is 0.474 e. The molecule has 1 aromatic heterocycles. The van der Waals surface area contributed by atoms with Crippen LogP contribution in [0.3, 0.4) is 0 Å². The molecule has 8 nitrogen and oxygen atoms in total. The van der Waals surface area contributed by atoms with Gasteiger partial charge in [0.25, 0.3) is 5.91 Å². The number of carbonyl (C=O) groups is 1. The number of aromatic nitrogens is 1. The van der Waals surface area contributed by atoms with Crippen molar-refractivity contribution in [3.8, 4) is 5.88 Å². The van der Waals surface area contributed by atoms with Gasteiger partial charge in [0.05, 0.1) is 11.5 Å². The van der Waals surface area contributed by atoms with Crippen LogP contribution in [0.1, 0.15) is 30.6 Å². The van der Waals surface area contributed by atoms with Crippen LogP contribution in [0.5, 0.6) is 5.88 Å². The highest BCUT2D eigenvalue weighted by molar-refractivity contribution is 7.89. The topological polar surface area (TPSA) is 107 Å². The van der Waals surface area contributed by atoms with E-state index < -0.39 is 15.9 Å². The minimum atomic E-state index is -3.62. The van der Waals surface area contributed by atoms with E-state index in [2.05, 4.69) is 15.0 Å². The number of methoxy groups -OCH3 is 1. The van der Waals surface area contributed by atoms with E-state index in [1.165, 1.54) is 24.3 Å². The van der Waals surface area contributed by atoms with E-state index in [9.17, 15) is 13.2 Å². The van der Waals surface area contributed by atoms with Crippen molar-refractivity contribution in [3.63, 3.8) is 0 Å². The third kappa shape index (κ3) is 6.01. The summed E-state index contributed by atoms with van der Waals surface area (Å²) in [5.74, 6) is -0.117. The van der Waals surface area contributed by atoms with Gasteiger partial charge in [-0.1, -0.05) is 6.92 Å². The summed E-state index contributed by atoms with van der Waals surface area (Å²) in [4.78, 5) is 16.7. The normalized spacial score (nSPS) is 12.4. The predicted octanol–water partition coefficient (Wildman–Crippen LogP) is 2.44. The van der Waals surface area contributed by atoms with E-state index in [0.29, 0.717) is 30.9 Å². The number of sulfonamides is 1. The van der Waals surface area contributed by atoms with Crippen molar-refractivity contribution >= 4 is 21.6 Å². The Morgan fingerprint density at radius 1 is 1.18 bits per heavy atom. The molecule has 0 bridgehead atoms. The van der Waals surface area contributed by atoms with Crippen molar-refractivity contribution in [2.45, 2.75) is 31.2 Å². The van der Waals surface area contributed by atoms with Gasteiger partial charge in [0.15, 0.2) is 0 Å². The minimum Gasteiger partial charge on any atom is -0.474 e. The van der Waals surface area contributed by atoms with Gasteiger partial charge in [0, 0.05) is 24.9 Å². The van der Waals surface area contributed by atoms with Crippen molar-refractivity contribution in [1.82, 2.24) is 9.71 Å². The van der Waals surface area contributed by atoms with Gasteiger partial charge in [-0.25, -0.2) is 18.1 Å². The molecule has 1 aromatic carbocycles. The number of nitrogens with zero attached hydrogens (tertiary/aromatic N) is 1. The zero-order chi connectivity index (χ0) is 20.6. The minimum absolute atomic E-state index is 0.106. The molecule has 2 rings (SSSR count). The maximum absolute atomic E-state index is 12.5. The lowest BCUT2D eigenvalue weighted by Gasteiger charge is -2.13. The number of carbonyl (C=O) groups excluding carboxylic acids is 1. The van der Waals surface area contributed by atoms with Crippen LogP contribution in [0, 0.1) is 0 Å². The molecule has 1 amide bonds. The van der Waals surface area contributed by atoms with Crippen LogP contribution < -0.4 is 14.8 Å². The number of pyridine rings is 1. The number of amides is 1. The van der Waals surface area contributed by atoms with Gasteiger partial charge in [-0.05, 0) is 49.7 Å². The average molecular weight is 407 g/mol. The first-order valence-corrected chi connectivity index (χ1v) is 10.4. The van der Waals surface area contributed by atoms with Crippen LogP contribution in [-0.4, -0.2) is 45.7 Å². The summed E-state index contributed by atoms with van der Waals surface area (Å²) in [6.07, 6.45) is 2.24. The fourth-order valence-electron chi connectivity index (χ4n) is 2.22. The molecule has 152 valence electrons. The Kier molecular flexibility index (Phi) is 7.91. The summed E-state index contributed by atoms with van der Waals surface area (Å²) in [6.45, 7) is 4.38. The zero-order valence-corrected chi connectivity index (χ0v) is 17.0. The van der Waals surface area contributed by atoms with E-state index in [-0.39, 0.29) is 16.8 Å². The van der Waals surface area contributed by atoms with Gasteiger partial charge in [-0.15, -0.1) is 0 Å². The first-order chi connectivity index (χ1) is 13.4. The van der Waals surface area contributed by atoms with E-state index >= 15 is 0 Å². The van der Waals surface area contributed by atoms with Crippen molar-refractivity contribution < 1.29 is 22.7 Å². The number of nitrogens with one attached hydrogen (secondary N) is 2. The number of hydrogen-bond acceptors (Lipinski definition) is 6. The molecule has 0 aliphatic rings. The van der Waals surface area contributed by atoms with E-state index in [1.54, 1.807) is 32.4 Å². The lowest BCUT2D eigenvalue weighted by Crippen LogP contribution is -2.32. The third-order valence-electron chi connectivity index (χ3n) is 3.94. The molecule has 28 heavy (non-hydrogen) atoms. The second-order valence-electron chi connectivity index (χ2n) is 6.11. The third-order valence-corrected chi connectivity index (χ3v) is 5.55. The summed E-state index contributed by atoms with van der Waals surface area (Å²) >= 11 is 0. The average Bonchev–Trinajstić information content (AvgIpc) is 2.69. The molecule has 1 heterocycles. The first-order valence-electron chi connectivity index (χ1n) is 8.88. The molecule has 1 atom stereocenters. The molecule has 0 saturated heterocycles. The van der Waals surface area contributed by atoms with E-state index in [4.69, 9.17) is 9.47 Å². The summed E-state index contributed by atoms with van der Waals surface area (Å²) in [5, 5.41) is 2.72. The SMILES string of the molecule is CCC(C)NS(=O)(=O)c1ccc(C(=O)Nc2cccnc2OCCOC)cc1. The summed E-state index contributed by atoms with van der Waals surface area (Å²) in [5.41, 5.74) is 0.730. The van der Waals surface area contributed by atoms with Crippen LogP contribution in [0.4, 0.5) is 5.69 Å². The summed E-state index contributed by atoms with van der Waals surface area (Å²) in [7, 11) is -2.05. The highest BCUT2D eigenvalue weighted by atomic mass is 32.2. The zero-order valence-electron chi connectivity index (χ0n) is 16.1. The molecule has 1 unspecified atom stereocenters. The lowest BCUT2D eigenvalue weighted by molar-refractivity contribution is 0.102. The Morgan fingerprint density at radius 2 is 1.89 bits per heavy atom. The molecule has 0 radical (unpaired) electrons. The molecule has 9 heteroatoms. The van der Waals surface area contributed by atoms with Crippen LogP contribution >= 0.6 is 0 Å². The van der Waals surface area contributed by atoms with Crippen molar-refractivity contribution in [1.29, 1.82) is 0 Å². The Bertz CT molecular complexity index is 885. The second-order valence-corrected chi connectivity index (χ2v) is 7.82. The van der Waals surface area contributed by atoms with Crippen LogP contribution in [0.25, 0.3) is 0 Å². The van der Waals surface area contributed by atoms with Gasteiger partial charge in [-0.2, -0.15) is 0 Å². The van der Waals surface area contributed by atoms with Crippen LogP contribution in [0.15, 0.2) is 47.5 Å². The van der Waals surface area contributed by atoms with Gasteiger partial charge in [0.2, 0.25) is 15.9 Å². The van der Waals surface area contributed by atoms with Crippen molar-refractivity contribution in [2.24, 2.45) is 0 Å². The number of ether oxygens (including phenoxy) is 2. The highest BCUT2D eigenvalue weighted by Gasteiger charge is 2.17. The summed E-state index contributed by atoms with van der Waals surface area (Å²) < 4.78 is 37.6. The number of rotatable bonds is 10. The molecule has 0 fully saturated rings. The van der Waals surface area contributed by atoms with Crippen LogP contribution in [-0.2, 0) is 14.8 Å². The van der Waals surface area contributed by atoms with Crippen molar-refractivity contribution in [2.75, 3.05) is 25.6 Å². The summed E-state index contributed by atoms with van der Waals surface area (Å²) in [6, 6.07) is 8.90. The maximum Gasteiger partial charge on any atom is 0.255 e. The highest BCUT2D eigenvalue weighted by Crippen LogP contribution is 2.21. The first kappa shape index (κ1) is 21.8. The smallest absolute Gasteiger partial charge is 0.255 e. The Balaban J connectivity index is 2.10. The molecule has 0 aliphatic heterocycles. The maximum atomic E-state index is 12.5. The quantitative estimate of drug-likeness (QED) is 0.586. The molecule has 0 spiro atoms. The number of benzene rings is 1. The Labute approximate surface area is 165 Å². The van der Waals surface area contributed by atoms with Gasteiger partial charge in [-0.3, -0.25) is 4.79 Å². The molecule has 2 aromatic rings. The number of anilines is 1. The molecule has 0 aliphatic carbocycles. The van der Waals surface area contributed by atoms with Crippen LogP contribution in [0.2, 0.25) is 0 Å². The van der Waals surface area contributed by atoms with Gasteiger partial charge in [0.1, 0.15) is 12.3 Å². The molecule has 0 saturated carbocycles. The van der Waals surface area contributed by atoms with Gasteiger partial charge < -0.3 is 14.8 Å². The molecular formula is C19H25N3O5S. The molecular weight excluding hydrogens is 382 g/mol. The fraction of sp³-hybridized carbons (Fsp3) is 0.368. The lowest BCUT2D eigenvalue weighted by atomic mass is 10.2. The van der Waals surface area contributed by atoms with E-state index in [1.807, 2.05) is 6.92 Å². The second kappa shape index (κ2) is 10.2. The Hall–Kier alpha value is -2.49. The van der Waals surface area contributed by atoms with E-state index in [0.717, 1.165) is 0 Å². The number of hydrogen-bond donors (Lipinski definition) is 2. The standard InChI is InChI=1S/C19H25N3O5S/c1-4-14(2)22-28(24,25)16-9-7-15(8-10-16)18(23)21-17-6-5-11-20-19(17)27-13-12-26-3/h5-11,14,22H,4,12-13H2,1-3H3,(H,21,23). The Morgan fingerprint density at radius 3 is 2.54 bits per heavy atom. The molecule has 2 N–H and O–H groups in total. The van der Waals surface area contributed by atoms with Crippen molar-refractivity contribution in [3.05, 3.63) is 48.2 Å².